The number of nitrogens with one attached hydrogen (secondary N) is 2. The Hall–Kier alpha value is -2.00. The third-order valence-electron chi connectivity index (χ3n) is 5.05. The molecule has 32 heavy (non-hydrogen) atoms. The summed E-state index contributed by atoms with van der Waals surface area (Å²) in [6, 6.07) is 13.3. The highest BCUT2D eigenvalue weighted by Gasteiger charge is 2.27. The summed E-state index contributed by atoms with van der Waals surface area (Å²) in [5.41, 5.74) is 2.46. The first kappa shape index (κ1) is 26.3. The van der Waals surface area contributed by atoms with Gasteiger partial charge in [-0.3, -0.25) is 4.79 Å². The number of thiazole rings is 1. The fraction of sp³-hybridized carbons (Fsp3) is 0.435. The van der Waals surface area contributed by atoms with E-state index in [4.69, 9.17) is 4.74 Å². The summed E-state index contributed by atoms with van der Waals surface area (Å²) in [5.74, 6) is -2.76. The molecule has 0 saturated carbocycles. The number of hydrogen-bond donors (Lipinski definition) is 3. The van der Waals surface area contributed by atoms with Gasteiger partial charge in [0.15, 0.2) is 0 Å². The molecule has 0 bridgehead atoms. The minimum absolute atomic E-state index is 0. The molecule has 5 nitrogen and oxygen atoms in total. The van der Waals surface area contributed by atoms with Crippen molar-refractivity contribution in [1.82, 2.24) is 10.3 Å². The monoisotopic (exact) mass is 486 g/mol. The number of phenols is 1. The van der Waals surface area contributed by atoms with Crippen molar-refractivity contribution in [2.24, 2.45) is 0 Å². The lowest BCUT2D eigenvalue weighted by atomic mass is 10.1. The summed E-state index contributed by atoms with van der Waals surface area (Å²) in [7, 11) is 0. The fourth-order valence-corrected chi connectivity index (χ4v) is 4.27. The maximum Gasteiger partial charge on any atom is 0.305 e. The Labute approximate surface area is 196 Å². The van der Waals surface area contributed by atoms with Crippen molar-refractivity contribution in [1.29, 1.82) is 0 Å². The van der Waals surface area contributed by atoms with Gasteiger partial charge in [0, 0.05) is 13.0 Å². The van der Waals surface area contributed by atoms with Crippen LogP contribution in [0.5, 0.6) is 5.75 Å². The number of H-pyrrole nitrogens is 1. The summed E-state index contributed by atoms with van der Waals surface area (Å²) < 4.78 is 34.4. The Morgan fingerprint density at radius 1 is 1.06 bits per heavy atom. The number of aromatic amines is 1. The lowest BCUT2D eigenvalue weighted by Gasteiger charge is -2.17. The van der Waals surface area contributed by atoms with Crippen molar-refractivity contribution in [3.8, 4) is 5.75 Å². The van der Waals surface area contributed by atoms with Crippen molar-refractivity contribution in [2.75, 3.05) is 26.3 Å². The van der Waals surface area contributed by atoms with Gasteiger partial charge >= 0.3 is 4.87 Å². The Balaban J connectivity index is 0.00000363. The first-order valence-electron chi connectivity index (χ1n) is 10.5. The largest absolute Gasteiger partial charge is 0.506 e. The number of aromatic nitrogens is 1. The summed E-state index contributed by atoms with van der Waals surface area (Å²) >= 11 is 1.02. The molecule has 0 spiro atoms. The Bertz CT molecular complexity index is 1010. The van der Waals surface area contributed by atoms with Crippen LogP contribution in [0.25, 0.3) is 10.2 Å². The minimum atomic E-state index is -2.77. The molecule has 0 aliphatic rings. The molecule has 0 aliphatic carbocycles. The molecule has 2 aromatic carbocycles. The number of phenolic OH excluding ortho intramolecular Hbond substituents is 1. The van der Waals surface area contributed by atoms with Gasteiger partial charge in [0.25, 0.3) is 5.92 Å². The molecule has 0 radical (unpaired) electrons. The highest BCUT2D eigenvalue weighted by molar-refractivity contribution is 7.16. The Kier molecular flexibility index (Phi) is 10.6. The van der Waals surface area contributed by atoms with Crippen molar-refractivity contribution >= 4 is 34.0 Å². The van der Waals surface area contributed by atoms with Crippen molar-refractivity contribution in [3.05, 3.63) is 63.3 Å². The number of alkyl halides is 2. The molecule has 9 heteroatoms. The number of halogens is 3. The topological polar surface area (TPSA) is 74.4 Å². The average molecular weight is 487 g/mol. The summed E-state index contributed by atoms with van der Waals surface area (Å²) in [6.07, 6.45) is 2.17. The summed E-state index contributed by atoms with van der Waals surface area (Å²) in [6.45, 7) is 1.08. The third kappa shape index (κ3) is 8.16. The van der Waals surface area contributed by atoms with E-state index < -0.39 is 5.92 Å². The smallest absolute Gasteiger partial charge is 0.305 e. The Morgan fingerprint density at radius 3 is 2.62 bits per heavy atom. The number of unbranched alkanes of at least 4 members (excludes halogenated alkanes) is 1. The fourth-order valence-electron chi connectivity index (χ4n) is 3.38. The molecule has 176 valence electrons. The molecule has 0 amide bonds. The van der Waals surface area contributed by atoms with Crippen molar-refractivity contribution in [3.63, 3.8) is 0 Å². The van der Waals surface area contributed by atoms with Gasteiger partial charge < -0.3 is 20.1 Å². The quantitative estimate of drug-likeness (QED) is 0.300. The van der Waals surface area contributed by atoms with Crippen LogP contribution in [-0.2, 0) is 17.6 Å². The van der Waals surface area contributed by atoms with Crippen LogP contribution in [0.2, 0.25) is 0 Å². The van der Waals surface area contributed by atoms with Crippen LogP contribution in [0.4, 0.5) is 8.78 Å². The normalized spacial score (nSPS) is 11.6. The molecule has 1 aromatic heterocycles. The van der Waals surface area contributed by atoms with Crippen molar-refractivity contribution in [2.45, 2.75) is 38.0 Å². The van der Waals surface area contributed by atoms with E-state index in [-0.39, 0.29) is 36.0 Å². The van der Waals surface area contributed by atoms with E-state index >= 15 is 0 Å². The molecule has 3 rings (SSSR count). The van der Waals surface area contributed by atoms with Crippen LogP contribution in [0.3, 0.4) is 0 Å². The molecule has 3 N–H and O–H groups in total. The van der Waals surface area contributed by atoms with Gasteiger partial charge in [-0.25, -0.2) is 8.78 Å². The lowest BCUT2D eigenvalue weighted by Crippen LogP contribution is -2.33. The van der Waals surface area contributed by atoms with Crippen LogP contribution in [0, 0.1) is 0 Å². The molecular weight excluding hydrogens is 458 g/mol. The molecule has 0 fully saturated rings. The van der Waals surface area contributed by atoms with E-state index in [9.17, 15) is 18.7 Å². The second-order valence-corrected chi connectivity index (χ2v) is 8.53. The molecule has 0 saturated heterocycles. The number of hydrogen-bond acceptors (Lipinski definition) is 5. The molecule has 0 aliphatic heterocycles. The predicted molar refractivity (Wildman–Crippen MR) is 128 cm³/mol. The SMILES string of the molecule is Cl.O=c1[nH]c2c(O)ccc(CCNCC(F)(F)CCCCOCCc3ccccc3)c2s1. The van der Waals surface area contributed by atoms with Crippen LogP contribution >= 0.6 is 23.7 Å². The predicted octanol–water partition coefficient (Wildman–Crippen LogP) is 4.91. The van der Waals surface area contributed by atoms with Gasteiger partial charge in [-0.15, -0.1) is 12.4 Å². The van der Waals surface area contributed by atoms with E-state index in [2.05, 4.69) is 10.3 Å². The third-order valence-corrected chi connectivity index (χ3v) is 6.01. The first-order valence-corrected chi connectivity index (χ1v) is 11.3. The summed E-state index contributed by atoms with van der Waals surface area (Å²) in [5, 5.41) is 12.6. The van der Waals surface area contributed by atoms with Gasteiger partial charge in [0.1, 0.15) is 11.3 Å². The number of rotatable bonds is 13. The standard InChI is InChI=1S/C23H28F2N2O3S.ClH/c24-23(25,12-4-5-14-30-15-11-17-6-2-1-3-7-17)16-26-13-10-18-8-9-19(28)20-21(18)31-22(29)27-20;/h1-3,6-9,26,28H,4-5,10-16H2,(H,27,29);1H. The van der Waals surface area contributed by atoms with Gasteiger partial charge in [-0.1, -0.05) is 47.7 Å². The van der Waals surface area contributed by atoms with Gasteiger partial charge in [-0.2, -0.15) is 0 Å². The van der Waals surface area contributed by atoms with E-state index in [1.807, 2.05) is 30.3 Å². The van der Waals surface area contributed by atoms with Gasteiger partial charge in [-0.05, 0) is 49.4 Å². The van der Waals surface area contributed by atoms with E-state index in [1.54, 1.807) is 6.07 Å². The number of aromatic hydroxyl groups is 1. The second kappa shape index (κ2) is 12.9. The first-order chi connectivity index (χ1) is 14.9. The number of ether oxygens (including phenoxy) is 1. The number of benzene rings is 2. The minimum Gasteiger partial charge on any atom is -0.506 e. The zero-order valence-electron chi connectivity index (χ0n) is 17.7. The highest BCUT2D eigenvalue weighted by atomic mass is 35.5. The van der Waals surface area contributed by atoms with Crippen LogP contribution < -0.4 is 10.2 Å². The van der Waals surface area contributed by atoms with Crippen LogP contribution in [0.1, 0.15) is 30.4 Å². The summed E-state index contributed by atoms with van der Waals surface area (Å²) in [4.78, 5) is 13.9. The van der Waals surface area contributed by atoms with E-state index in [1.165, 1.54) is 11.6 Å². The lowest BCUT2D eigenvalue weighted by molar-refractivity contribution is -0.0102. The van der Waals surface area contributed by atoms with Crippen molar-refractivity contribution < 1.29 is 18.6 Å². The molecular formula is C23H29ClF2N2O3S. The van der Waals surface area contributed by atoms with Crippen LogP contribution in [0.15, 0.2) is 47.3 Å². The number of fused-ring (bicyclic) bond motifs is 1. The highest BCUT2D eigenvalue weighted by Crippen LogP contribution is 2.28. The molecule has 3 aromatic rings. The van der Waals surface area contributed by atoms with E-state index in [0.29, 0.717) is 49.2 Å². The zero-order valence-corrected chi connectivity index (χ0v) is 19.4. The maximum atomic E-state index is 14.1. The van der Waals surface area contributed by atoms with Crippen LogP contribution in [-0.4, -0.2) is 42.3 Å². The Morgan fingerprint density at radius 2 is 1.84 bits per heavy atom. The molecule has 1 heterocycles. The van der Waals surface area contributed by atoms with E-state index in [0.717, 1.165) is 23.3 Å². The van der Waals surface area contributed by atoms with Gasteiger partial charge in [0.2, 0.25) is 0 Å². The maximum absolute atomic E-state index is 14.1. The second-order valence-electron chi connectivity index (χ2n) is 7.55. The molecule has 0 unspecified atom stereocenters. The average Bonchev–Trinajstić information content (AvgIpc) is 3.15. The van der Waals surface area contributed by atoms with Gasteiger partial charge in [0.05, 0.1) is 17.9 Å². The molecule has 0 atom stereocenters. The zero-order chi connectivity index (χ0) is 22.1.